The first kappa shape index (κ1) is 24.8. The number of amides is 2. The van der Waals surface area contributed by atoms with E-state index in [1.54, 1.807) is 41.4 Å². The number of fused-ring (bicyclic) bond motifs is 1. The van der Waals surface area contributed by atoms with E-state index < -0.39 is 24.0 Å². The smallest absolute Gasteiger partial charge is 0.248 e. The molecule has 3 aromatic heterocycles. The van der Waals surface area contributed by atoms with Crippen LogP contribution >= 0.6 is 15.9 Å². The number of likely N-dealkylation sites (tertiary alicyclic amines) is 1. The number of Topliss-reactive ketones (excluding diaryl/α,β-unsaturated/α-hetero) is 1. The molecule has 188 valence electrons. The van der Waals surface area contributed by atoms with E-state index in [1.165, 1.54) is 11.8 Å². The van der Waals surface area contributed by atoms with Gasteiger partial charge in [-0.2, -0.15) is 0 Å². The number of carbonyl (C=O) groups is 3. The second-order valence-electron chi connectivity index (χ2n) is 8.93. The van der Waals surface area contributed by atoms with Gasteiger partial charge in [0.05, 0.1) is 6.54 Å². The Morgan fingerprint density at radius 2 is 1.97 bits per heavy atom. The molecule has 8 nitrogen and oxygen atoms in total. The Hall–Kier alpha value is -3.92. The van der Waals surface area contributed by atoms with Gasteiger partial charge in [-0.15, -0.1) is 0 Å². The zero-order valence-electron chi connectivity index (χ0n) is 19.9. The van der Waals surface area contributed by atoms with Crippen LogP contribution in [0.3, 0.4) is 0 Å². The van der Waals surface area contributed by atoms with Crippen LogP contribution in [0.2, 0.25) is 0 Å². The second-order valence-corrected chi connectivity index (χ2v) is 9.74. The summed E-state index contributed by atoms with van der Waals surface area (Å²) in [6.07, 6.45) is 3.66. The van der Waals surface area contributed by atoms with E-state index in [2.05, 4.69) is 31.2 Å². The van der Waals surface area contributed by atoms with Crippen LogP contribution in [0, 0.1) is 0 Å². The van der Waals surface area contributed by atoms with E-state index >= 15 is 0 Å². The number of nitrogens with one attached hydrogen (secondary N) is 1. The maximum Gasteiger partial charge on any atom is 0.248 e. The van der Waals surface area contributed by atoms with E-state index in [0.717, 1.165) is 11.1 Å². The zero-order chi connectivity index (χ0) is 26.1. The van der Waals surface area contributed by atoms with Gasteiger partial charge in [0.1, 0.15) is 29.2 Å². The summed E-state index contributed by atoms with van der Waals surface area (Å²) < 4.78 is 16.6. The Balaban J connectivity index is 1.41. The fraction of sp³-hybridized carbons (Fsp3) is 0.222. The lowest BCUT2D eigenvalue weighted by Crippen LogP contribution is -2.44. The minimum Gasteiger partial charge on any atom is -0.337 e. The van der Waals surface area contributed by atoms with Crippen LogP contribution < -0.4 is 5.32 Å². The van der Waals surface area contributed by atoms with Crippen LogP contribution in [0.1, 0.15) is 23.7 Å². The number of halogens is 2. The van der Waals surface area contributed by atoms with Crippen molar-refractivity contribution in [1.29, 1.82) is 0 Å². The molecular formula is C27H23BrFN5O3. The molecule has 4 heterocycles. The summed E-state index contributed by atoms with van der Waals surface area (Å²) in [5.74, 6) is -0.739. The van der Waals surface area contributed by atoms with Gasteiger partial charge in [-0.05, 0) is 58.7 Å². The molecule has 0 saturated carbocycles. The number of hydrogen-bond donors (Lipinski definition) is 1. The summed E-state index contributed by atoms with van der Waals surface area (Å²) in [4.78, 5) is 48.3. The Kier molecular flexibility index (Phi) is 6.84. The highest BCUT2D eigenvalue weighted by molar-refractivity contribution is 9.10. The molecule has 2 atom stereocenters. The lowest BCUT2D eigenvalue weighted by Gasteiger charge is -2.24. The number of carbonyl (C=O) groups excluding carboxylic acids is 3. The van der Waals surface area contributed by atoms with Crippen molar-refractivity contribution in [3.05, 3.63) is 77.3 Å². The number of benzene rings is 1. The van der Waals surface area contributed by atoms with Gasteiger partial charge < -0.3 is 14.8 Å². The van der Waals surface area contributed by atoms with E-state index in [9.17, 15) is 18.8 Å². The van der Waals surface area contributed by atoms with Gasteiger partial charge >= 0.3 is 0 Å². The molecule has 4 aromatic rings. The van der Waals surface area contributed by atoms with Crippen LogP contribution in [-0.2, 0) is 16.1 Å². The number of hydrogen-bond acceptors (Lipinski definition) is 5. The molecule has 0 aliphatic carbocycles. The molecular weight excluding hydrogens is 541 g/mol. The van der Waals surface area contributed by atoms with Gasteiger partial charge in [0.2, 0.25) is 11.8 Å². The van der Waals surface area contributed by atoms with Crippen LogP contribution in [0.15, 0.2) is 71.7 Å². The van der Waals surface area contributed by atoms with Crippen molar-refractivity contribution in [3.63, 3.8) is 0 Å². The van der Waals surface area contributed by atoms with Crippen molar-refractivity contribution in [2.75, 3.05) is 11.9 Å². The first-order chi connectivity index (χ1) is 17.8. The first-order valence-electron chi connectivity index (χ1n) is 11.7. The minimum atomic E-state index is -1.31. The van der Waals surface area contributed by atoms with Crippen LogP contribution in [-0.4, -0.2) is 55.8 Å². The fourth-order valence-electron chi connectivity index (χ4n) is 4.65. The third kappa shape index (κ3) is 5.15. The topological polar surface area (TPSA) is 97.2 Å². The molecule has 1 fully saturated rings. The van der Waals surface area contributed by atoms with Crippen molar-refractivity contribution >= 4 is 50.2 Å². The predicted molar refractivity (Wildman–Crippen MR) is 141 cm³/mol. The molecule has 0 bridgehead atoms. The quantitative estimate of drug-likeness (QED) is 0.272. The molecule has 10 heteroatoms. The number of rotatable bonds is 6. The maximum atomic E-state index is 14.4. The molecule has 1 aliphatic heterocycles. The van der Waals surface area contributed by atoms with Crippen LogP contribution in [0.25, 0.3) is 22.0 Å². The van der Waals surface area contributed by atoms with Crippen molar-refractivity contribution in [2.24, 2.45) is 0 Å². The molecule has 0 spiro atoms. The highest BCUT2D eigenvalue weighted by Gasteiger charge is 2.40. The molecule has 1 aromatic carbocycles. The zero-order valence-corrected chi connectivity index (χ0v) is 21.5. The molecule has 37 heavy (non-hydrogen) atoms. The normalized spacial score (nSPS) is 17.2. The lowest BCUT2D eigenvalue weighted by atomic mass is 10.0. The summed E-state index contributed by atoms with van der Waals surface area (Å²) in [5.41, 5.74) is 2.97. The van der Waals surface area contributed by atoms with E-state index in [1.807, 2.05) is 30.3 Å². The van der Waals surface area contributed by atoms with Crippen molar-refractivity contribution in [1.82, 2.24) is 19.4 Å². The van der Waals surface area contributed by atoms with Crippen molar-refractivity contribution < 1.29 is 18.8 Å². The van der Waals surface area contributed by atoms with Gasteiger partial charge in [-0.25, -0.2) is 9.37 Å². The van der Waals surface area contributed by atoms with E-state index in [4.69, 9.17) is 0 Å². The average molecular weight is 564 g/mol. The molecule has 2 amide bonds. The number of alkyl halides is 1. The summed E-state index contributed by atoms with van der Waals surface area (Å²) >= 11 is 3.25. The summed E-state index contributed by atoms with van der Waals surface area (Å²) in [6, 6.07) is 13.5. The van der Waals surface area contributed by atoms with E-state index in [-0.39, 0.29) is 25.3 Å². The molecule has 0 radical (unpaired) electrons. The maximum absolute atomic E-state index is 14.4. The minimum absolute atomic E-state index is 0.0921. The number of anilines is 1. The molecule has 1 aliphatic rings. The average Bonchev–Trinajstić information content (AvgIpc) is 3.45. The summed E-state index contributed by atoms with van der Waals surface area (Å²) in [6.45, 7) is 1.16. The third-order valence-corrected chi connectivity index (χ3v) is 6.84. The predicted octanol–water partition coefficient (Wildman–Crippen LogP) is 4.64. The Morgan fingerprint density at radius 1 is 1.14 bits per heavy atom. The molecule has 0 unspecified atom stereocenters. The fourth-order valence-corrected chi connectivity index (χ4v) is 5.00. The molecule has 5 rings (SSSR count). The lowest BCUT2D eigenvalue weighted by molar-refractivity contribution is -0.137. The summed E-state index contributed by atoms with van der Waals surface area (Å²) in [7, 11) is 0. The van der Waals surface area contributed by atoms with Gasteiger partial charge in [0.25, 0.3) is 0 Å². The highest BCUT2D eigenvalue weighted by atomic mass is 79.9. The second kappa shape index (κ2) is 10.2. The number of aromatic nitrogens is 3. The van der Waals surface area contributed by atoms with Gasteiger partial charge in [0, 0.05) is 47.0 Å². The summed E-state index contributed by atoms with van der Waals surface area (Å²) in [5, 5.41) is 3.38. The van der Waals surface area contributed by atoms with Crippen LogP contribution in [0.5, 0.6) is 0 Å². The van der Waals surface area contributed by atoms with E-state index in [0.29, 0.717) is 26.9 Å². The van der Waals surface area contributed by atoms with Crippen LogP contribution in [0.4, 0.5) is 10.2 Å². The highest BCUT2D eigenvalue weighted by Crippen LogP contribution is 2.29. The Labute approximate surface area is 220 Å². The third-order valence-electron chi connectivity index (χ3n) is 6.40. The number of nitrogens with zero attached hydrogens (tertiary/aromatic N) is 4. The van der Waals surface area contributed by atoms with Gasteiger partial charge in [-0.1, -0.05) is 18.2 Å². The van der Waals surface area contributed by atoms with Crippen molar-refractivity contribution in [2.45, 2.75) is 32.1 Å². The largest absolute Gasteiger partial charge is 0.337 e. The monoisotopic (exact) mass is 563 g/mol. The standard InChI is InChI=1S/C27H23BrFN5O3/c1-16(35)21-14-33(22-8-7-17(10-20(21)22)18-4-3-9-30-12-18)15-26(36)34-13-19(29)11-23(34)27(37)32-25-6-2-5-24(28)31-25/h2-10,12,14,19,23H,11,13,15H2,1H3,(H,31,32,37)/t19-,23+/m1/s1. The molecule has 1 N–H and O–H groups in total. The Morgan fingerprint density at radius 3 is 2.70 bits per heavy atom. The number of ketones is 1. The SMILES string of the molecule is CC(=O)c1cn(CC(=O)N2C[C@H](F)C[C@H]2C(=O)Nc2cccc(Br)n2)c2ccc(-c3cccnc3)cc12. The Bertz CT molecular complexity index is 1510. The first-order valence-corrected chi connectivity index (χ1v) is 12.5. The van der Waals surface area contributed by atoms with Gasteiger partial charge in [-0.3, -0.25) is 19.4 Å². The molecule has 1 saturated heterocycles. The van der Waals surface area contributed by atoms with Gasteiger partial charge in [0.15, 0.2) is 5.78 Å². The number of pyridine rings is 2. The van der Waals surface area contributed by atoms with Crippen molar-refractivity contribution in [3.8, 4) is 11.1 Å².